The third kappa shape index (κ3) is 7.25. The molecule has 0 aromatic carbocycles. The Morgan fingerprint density at radius 1 is 1.19 bits per heavy atom. The number of thioether (sulfide) groups is 1. The first-order valence-corrected chi connectivity index (χ1v) is 10.9. The van der Waals surface area contributed by atoms with Gasteiger partial charge < -0.3 is 15.1 Å². The molecule has 0 saturated heterocycles. The first-order valence-electron chi connectivity index (χ1n) is 9.96. The molecular weight excluding hydrogens is 364 g/mol. The normalized spacial score (nSPS) is 16.4. The van der Waals surface area contributed by atoms with E-state index in [1.165, 1.54) is 18.2 Å². The highest BCUT2D eigenvalue weighted by Gasteiger charge is 2.30. The van der Waals surface area contributed by atoms with E-state index in [9.17, 15) is 9.59 Å². The Labute approximate surface area is 165 Å². The van der Waals surface area contributed by atoms with Crippen molar-refractivity contribution in [3.8, 4) is 0 Å². The molecule has 1 amide bonds. The fourth-order valence-corrected chi connectivity index (χ4v) is 3.90. The Balaban J connectivity index is 2.00. The van der Waals surface area contributed by atoms with E-state index in [0.29, 0.717) is 17.6 Å². The Hall–Kier alpha value is -1.41. The van der Waals surface area contributed by atoms with Gasteiger partial charge in [-0.2, -0.15) is 0 Å². The monoisotopic (exact) mass is 396 g/mol. The topological polar surface area (TPSA) is 97.1 Å². The lowest BCUT2D eigenvalue weighted by molar-refractivity contribution is -0.126. The Morgan fingerprint density at radius 3 is 2.59 bits per heavy atom. The summed E-state index contributed by atoms with van der Waals surface area (Å²) >= 11 is 1.41. The first kappa shape index (κ1) is 21.9. The van der Waals surface area contributed by atoms with Crippen LogP contribution in [0.2, 0.25) is 0 Å². The van der Waals surface area contributed by atoms with Crippen molar-refractivity contribution in [3.63, 3.8) is 0 Å². The van der Waals surface area contributed by atoms with Gasteiger partial charge in [-0.1, -0.05) is 44.9 Å². The van der Waals surface area contributed by atoms with Crippen molar-refractivity contribution in [2.75, 3.05) is 19.3 Å². The number of hydrogen-bond donors (Lipinski definition) is 2. The SMILES string of the molecule is CNCCSc1nnc(C(=O)[C@H](CCC(C)C)NC(=O)C2CCCCC2)o1. The van der Waals surface area contributed by atoms with Crippen LogP contribution in [-0.4, -0.2) is 47.3 Å². The smallest absolute Gasteiger partial charge is 0.286 e. The molecule has 1 aromatic heterocycles. The van der Waals surface area contributed by atoms with Gasteiger partial charge in [0.1, 0.15) is 0 Å². The summed E-state index contributed by atoms with van der Waals surface area (Å²) in [5.41, 5.74) is 0. The average molecular weight is 397 g/mol. The number of ketones is 1. The van der Waals surface area contributed by atoms with E-state index in [1.807, 2.05) is 7.05 Å². The van der Waals surface area contributed by atoms with E-state index >= 15 is 0 Å². The molecule has 1 saturated carbocycles. The van der Waals surface area contributed by atoms with Crippen LogP contribution in [0.15, 0.2) is 9.64 Å². The molecule has 1 heterocycles. The number of Topliss-reactive ketones (excluding diaryl/α,β-unsaturated/α-hetero) is 1. The predicted octanol–water partition coefficient (Wildman–Crippen LogP) is 3.07. The molecular formula is C19H32N4O3S. The van der Waals surface area contributed by atoms with Gasteiger partial charge in [0.15, 0.2) is 0 Å². The Bertz CT molecular complexity index is 600. The van der Waals surface area contributed by atoms with Crippen LogP contribution in [0.3, 0.4) is 0 Å². The Kier molecular flexibility index (Phi) is 9.27. The third-order valence-corrected chi connectivity index (χ3v) is 5.66. The summed E-state index contributed by atoms with van der Waals surface area (Å²) in [7, 11) is 1.87. The molecule has 0 radical (unpaired) electrons. The molecule has 152 valence electrons. The van der Waals surface area contributed by atoms with Crippen LogP contribution in [-0.2, 0) is 4.79 Å². The predicted molar refractivity (Wildman–Crippen MR) is 106 cm³/mol. The summed E-state index contributed by atoms with van der Waals surface area (Å²) in [6.45, 7) is 5.02. The second-order valence-corrected chi connectivity index (χ2v) is 8.60. The highest BCUT2D eigenvalue weighted by molar-refractivity contribution is 7.99. The maximum absolute atomic E-state index is 12.9. The number of aromatic nitrogens is 2. The number of rotatable bonds is 11. The largest absolute Gasteiger partial charge is 0.408 e. The van der Waals surface area contributed by atoms with E-state index in [-0.39, 0.29) is 23.5 Å². The molecule has 0 spiro atoms. The summed E-state index contributed by atoms with van der Waals surface area (Å²) in [5, 5.41) is 14.2. The molecule has 2 N–H and O–H groups in total. The van der Waals surface area contributed by atoms with Crippen LogP contribution in [0.1, 0.15) is 69.5 Å². The lowest BCUT2D eigenvalue weighted by atomic mass is 9.88. The third-order valence-electron chi connectivity index (χ3n) is 4.84. The van der Waals surface area contributed by atoms with Crippen molar-refractivity contribution in [3.05, 3.63) is 5.89 Å². The molecule has 1 aromatic rings. The van der Waals surface area contributed by atoms with Gasteiger partial charge in [-0.25, -0.2) is 0 Å². The number of hydrogen-bond acceptors (Lipinski definition) is 7. The van der Waals surface area contributed by atoms with Crippen LogP contribution < -0.4 is 10.6 Å². The summed E-state index contributed by atoms with van der Waals surface area (Å²) in [5.74, 6) is 0.930. The molecule has 0 unspecified atom stereocenters. The lowest BCUT2D eigenvalue weighted by Gasteiger charge is -2.24. The van der Waals surface area contributed by atoms with Crippen molar-refractivity contribution < 1.29 is 14.0 Å². The molecule has 7 nitrogen and oxygen atoms in total. The van der Waals surface area contributed by atoms with Gasteiger partial charge in [0.2, 0.25) is 11.7 Å². The van der Waals surface area contributed by atoms with Crippen molar-refractivity contribution >= 4 is 23.5 Å². The van der Waals surface area contributed by atoms with Crippen LogP contribution in [0, 0.1) is 11.8 Å². The zero-order valence-electron chi connectivity index (χ0n) is 16.6. The minimum atomic E-state index is -0.600. The minimum Gasteiger partial charge on any atom is -0.408 e. The van der Waals surface area contributed by atoms with Crippen LogP contribution in [0.4, 0.5) is 0 Å². The molecule has 1 aliphatic carbocycles. The number of carbonyl (C=O) groups is 2. The van der Waals surface area contributed by atoms with Crippen molar-refractivity contribution in [1.29, 1.82) is 0 Å². The van der Waals surface area contributed by atoms with Gasteiger partial charge >= 0.3 is 0 Å². The second kappa shape index (κ2) is 11.4. The molecule has 8 heteroatoms. The number of carbonyl (C=O) groups excluding carboxylic acids is 2. The van der Waals surface area contributed by atoms with Gasteiger partial charge in [0.25, 0.3) is 11.1 Å². The first-order chi connectivity index (χ1) is 13.0. The van der Waals surface area contributed by atoms with E-state index in [4.69, 9.17) is 4.42 Å². The van der Waals surface area contributed by atoms with Crippen LogP contribution in [0.25, 0.3) is 0 Å². The molecule has 1 atom stereocenters. The summed E-state index contributed by atoms with van der Waals surface area (Å²) in [6.07, 6.45) is 6.60. The van der Waals surface area contributed by atoms with Crippen molar-refractivity contribution in [1.82, 2.24) is 20.8 Å². The van der Waals surface area contributed by atoms with Gasteiger partial charge in [0.05, 0.1) is 6.04 Å². The second-order valence-electron chi connectivity index (χ2n) is 7.56. The van der Waals surface area contributed by atoms with Crippen LogP contribution in [0.5, 0.6) is 0 Å². The molecule has 1 fully saturated rings. The van der Waals surface area contributed by atoms with Crippen LogP contribution >= 0.6 is 11.8 Å². The molecule has 2 rings (SSSR count). The fourth-order valence-electron chi connectivity index (χ4n) is 3.18. The highest BCUT2D eigenvalue weighted by atomic mass is 32.2. The van der Waals surface area contributed by atoms with E-state index in [2.05, 4.69) is 34.7 Å². The van der Waals surface area contributed by atoms with E-state index in [0.717, 1.165) is 44.4 Å². The zero-order chi connectivity index (χ0) is 19.6. The molecule has 27 heavy (non-hydrogen) atoms. The maximum atomic E-state index is 12.9. The number of amides is 1. The van der Waals surface area contributed by atoms with Crippen molar-refractivity contribution in [2.45, 2.75) is 70.1 Å². The van der Waals surface area contributed by atoms with Gasteiger partial charge in [-0.3, -0.25) is 9.59 Å². The van der Waals surface area contributed by atoms with Crippen molar-refractivity contribution in [2.24, 2.45) is 11.8 Å². The summed E-state index contributed by atoms with van der Waals surface area (Å²) in [6, 6.07) is -0.600. The van der Waals surface area contributed by atoms with Gasteiger partial charge in [-0.05, 0) is 38.6 Å². The number of nitrogens with one attached hydrogen (secondary N) is 2. The van der Waals surface area contributed by atoms with Gasteiger partial charge in [-0.15, -0.1) is 10.2 Å². The molecule has 0 bridgehead atoms. The summed E-state index contributed by atoms with van der Waals surface area (Å²) < 4.78 is 5.52. The zero-order valence-corrected chi connectivity index (χ0v) is 17.4. The Morgan fingerprint density at radius 2 is 1.93 bits per heavy atom. The maximum Gasteiger partial charge on any atom is 0.286 e. The standard InChI is InChI=1S/C19H32N4O3S/c1-13(2)9-10-15(21-17(25)14-7-5-4-6-8-14)16(24)18-22-23-19(26-18)27-12-11-20-3/h13-15,20H,4-12H2,1-3H3,(H,21,25)/t15-/m0/s1. The average Bonchev–Trinajstić information content (AvgIpc) is 3.14. The minimum absolute atomic E-state index is 0.0139. The fraction of sp³-hybridized carbons (Fsp3) is 0.789. The summed E-state index contributed by atoms with van der Waals surface area (Å²) in [4.78, 5) is 25.5. The van der Waals surface area contributed by atoms with E-state index < -0.39 is 6.04 Å². The van der Waals surface area contributed by atoms with E-state index in [1.54, 1.807) is 0 Å². The molecule has 0 aliphatic heterocycles. The number of nitrogens with zero attached hydrogens (tertiary/aromatic N) is 2. The highest BCUT2D eigenvalue weighted by Crippen LogP contribution is 2.24. The lowest BCUT2D eigenvalue weighted by Crippen LogP contribution is -2.44. The van der Waals surface area contributed by atoms with Gasteiger partial charge in [0, 0.05) is 18.2 Å². The quantitative estimate of drug-likeness (QED) is 0.337. The molecule has 1 aliphatic rings.